The second-order valence-electron chi connectivity index (χ2n) is 10.9. The van der Waals surface area contributed by atoms with E-state index in [9.17, 15) is 44.3 Å². The first-order chi connectivity index (χ1) is 22.5. The van der Waals surface area contributed by atoms with E-state index in [0.29, 0.717) is 54.7 Å². The SMILES string of the molecule is CCOC(=O)CCCCCCNCCc1ccc(C(F)(F)F)cc1CN(Cc1cc(C(F)(F)F)cc(C(F)(F)F)c1)c1ncc(Br)cn1. The average molecular weight is 758 g/mol. The molecule has 0 spiro atoms. The quantitative estimate of drug-likeness (QED) is 0.0894. The molecule has 3 aromatic rings. The summed E-state index contributed by atoms with van der Waals surface area (Å²) >= 11 is 3.16. The minimum atomic E-state index is -5.08. The molecule has 1 N–H and O–H groups in total. The summed E-state index contributed by atoms with van der Waals surface area (Å²) in [6.45, 7) is 2.15. The van der Waals surface area contributed by atoms with Crippen LogP contribution in [0.3, 0.4) is 0 Å². The Morgan fingerprint density at radius 1 is 0.771 bits per heavy atom. The summed E-state index contributed by atoms with van der Waals surface area (Å²) in [5.41, 5.74) is -3.75. The van der Waals surface area contributed by atoms with Gasteiger partial charge in [-0.05, 0) is 102 Å². The van der Waals surface area contributed by atoms with E-state index in [1.54, 1.807) is 6.92 Å². The van der Waals surface area contributed by atoms with Gasteiger partial charge in [0.15, 0.2) is 0 Å². The van der Waals surface area contributed by atoms with E-state index in [4.69, 9.17) is 4.74 Å². The second-order valence-corrected chi connectivity index (χ2v) is 11.8. The lowest BCUT2D eigenvalue weighted by Gasteiger charge is -2.26. The summed E-state index contributed by atoms with van der Waals surface area (Å²) in [4.78, 5) is 20.9. The number of nitrogens with one attached hydrogen (secondary N) is 1. The van der Waals surface area contributed by atoms with Crippen molar-refractivity contribution in [1.82, 2.24) is 15.3 Å². The number of hydrogen-bond acceptors (Lipinski definition) is 6. The van der Waals surface area contributed by atoms with Gasteiger partial charge in [0.25, 0.3) is 0 Å². The van der Waals surface area contributed by atoms with Crippen molar-refractivity contribution in [3.8, 4) is 0 Å². The van der Waals surface area contributed by atoms with Crippen molar-refractivity contribution in [3.63, 3.8) is 0 Å². The monoisotopic (exact) mass is 756 g/mol. The van der Waals surface area contributed by atoms with Crippen LogP contribution in [0, 0.1) is 0 Å². The molecule has 0 fully saturated rings. The summed E-state index contributed by atoms with van der Waals surface area (Å²) in [5.74, 6) is -0.359. The van der Waals surface area contributed by atoms with Crippen molar-refractivity contribution in [2.24, 2.45) is 0 Å². The van der Waals surface area contributed by atoms with Crippen molar-refractivity contribution in [1.29, 1.82) is 0 Å². The molecule has 1 aromatic heterocycles. The normalized spacial score (nSPS) is 12.3. The number of alkyl halides is 9. The van der Waals surface area contributed by atoms with Crippen molar-refractivity contribution in [2.75, 3.05) is 24.6 Å². The molecule has 0 aliphatic heterocycles. The van der Waals surface area contributed by atoms with E-state index in [1.165, 1.54) is 23.4 Å². The first-order valence-electron chi connectivity index (χ1n) is 15.0. The second kappa shape index (κ2) is 17.3. The number of carbonyl (C=O) groups is 1. The molecule has 6 nitrogen and oxygen atoms in total. The van der Waals surface area contributed by atoms with Crippen LogP contribution in [0.4, 0.5) is 45.5 Å². The molecule has 0 amide bonds. The maximum absolute atomic E-state index is 13.7. The largest absolute Gasteiger partial charge is 0.466 e. The summed E-state index contributed by atoms with van der Waals surface area (Å²) in [6, 6.07) is 4.28. The number of unbranched alkanes of at least 4 members (excludes halogenated alkanes) is 3. The molecule has 0 unspecified atom stereocenters. The van der Waals surface area contributed by atoms with Crippen molar-refractivity contribution < 1.29 is 49.0 Å². The topological polar surface area (TPSA) is 67.3 Å². The van der Waals surface area contributed by atoms with Crippen LogP contribution in [0.25, 0.3) is 0 Å². The maximum atomic E-state index is 13.7. The zero-order valence-electron chi connectivity index (χ0n) is 25.8. The summed E-state index contributed by atoms with van der Waals surface area (Å²) in [6.07, 6.45) is -8.46. The van der Waals surface area contributed by atoms with E-state index in [2.05, 4.69) is 31.2 Å². The van der Waals surface area contributed by atoms with Gasteiger partial charge in [0.2, 0.25) is 5.95 Å². The molecule has 0 saturated carbocycles. The number of esters is 1. The maximum Gasteiger partial charge on any atom is 0.416 e. The smallest absolute Gasteiger partial charge is 0.416 e. The third-order valence-electron chi connectivity index (χ3n) is 7.17. The number of anilines is 1. The zero-order valence-corrected chi connectivity index (χ0v) is 27.4. The zero-order chi connectivity index (χ0) is 35.5. The highest BCUT2D eigenvalue weighted by molar-refractivity contribution is 9.10. The Bertz CT molecular complexity index is 1450. The molecular weight excluding hydrogens is 723 g/mol. The Morgan fingerprint density at radius 2 is 1.38 bits per heavy atom. The third kappa shape index (κ3) is 12.6. The Kier molecular flexibility index (Phi) is 14.1. The molecule has 0 atom stereocenters. The Hall–Kier alpha value is -3.40. The number of hydrogen-bond donors (Lipinski definition) is 1. The van der Waals surface area contributed by atoms with Gasteiger partial charge in [-0.25, -0.2) is 9.97 Å². The van der Waals surface area contributed by atoms with Crippen LogP contribution >= 0.6 is 15.9 Å². The molecule has 48 heavy (non-hydrogen) atoms. The highest BCUT2D eigenvalue weighted by Gasteiger charge is 2.37. The molecule has 0 saturated heterocycles. The highest BCUT2D eigenvalue weighted by atomic mass is 79.9. The first kappa shape index (κ1) is 39.0. The molecule has 1 heterocycles. The van der Waals surface area contributed by atoms with E-state index in [1.807, 2.05) is 0 Å². The Balaban J connectivity index is 1.83. The van der Waals surface area contributed by atoms with Gasteiger partial charge in [0.1, 0.15) is 0 Å². The van der Waals surface area contributed by atoms with Crippen molar-refractivity contribution in [2.45, 2.75) is 77.1 Å². The molecule has 3 rings (SSSR count). The van der Waals surface area contributed by atoms with Crippen LogP contribution in [0.1, 0.15) is 72.4 Å². The number of halogens is 10. The van der Waals surface area contributed by atoms with Crippen LogP contribution in [0.5, 0.6) is 0 Å². The standard InChI is InChI=1S/C32H34BrF9N4O2/c1-2-48-28(47)7-5-3-4-6-11-43-12-10-22-8-9-24(30(34,35)36)15-23(22)20-46(29-44-17-27(33)18-45-29)19-21-13-25(31(37,38)39)16-26(14-21)32(40,41)42/h8-9,13-18,43H,2-7,10-12,19-20H2,1H3. The first-order valence-corrected chi connectivity index (χ1v) is 15.8. The lowest BCUT2D eigenvalue weighted by atomic mass is 9.99. The van der Waals surface area contributed by atoms with Crippen molar-refractivity contribution >= 4 is 27.8 Å². The van der Waals surface area contributed by atoms with E-state index in [0.717, 1.165) is 31.4 Å². The number of benzene rings is 2. The van der Waals surface area contributed by atoms with Gasteiger partial charge in [-0.15, -0.1) is 0 Å². The molecular formula is C32H34BrF9N4O2. The van der Waals surface area contributed by atoms with Crippen LogP contribution < -0.4 is 10.2 Å². The Labute approximate surface area is 280 Å². The number of carbonyl (C=O) groups excluding carboxylic acids is 1. The average Bonchev–Trinajstić information content (AvgIpc) is 2.99. The van der Waals surface area contributed by atoms with E-state index >= 15 is 0 Å². The van der Waals surface area contributed by atoms with Gasteiger partial charge in [-0.3, -0.25) is 4.79 Å². The van der Waals surface area contributed by atoms with Gasteiger partial charge in [-0.2, -0.15) is 39.5 Å². The molecule has 2 aromatic carbocycles. The van der Waals surface area contributed by atoms with E-state index < -0.39 is 41.8 Å². The lowest BCUT2D eigenvalue weighted by Crippen LogP contribution is -2.26. The number of rotatable bonds is 16. The van der Waals surface area contributed by atoms with Gasteiger partial charge in [-0.1, -0.05) is 18.9 Å². The summed E-state index contributed by atoms with van der Waals surface area (Å²) < 4.78 is 128. The Morgan fingerprint density at radius 3 is 1.96 bits per heavy atom. The predicted octanol–water partition coefficient (Wildman–Crippen LogP) is 9.15. The van der Waals surface area contributed by atoms with Gasteiger partial charge in [0.05, 0.1) is 27.8 Å². The third-order valence-corrected chi connectivity index (χ3v) is 7.58. The number of aromatic nitrogens is 2. The minimum Gasteiger partial charge on any atom is -0.466 e. The molecule has 264 valence electrons. The molecule has 0 radical (unpaired) electrons. The summed E-state index contributed by atoms with van der Waals surface area (Å²) in [5, 5.41) is 3.23. The predicted molar refractivity (Wildman–Crippen MR) is 164 cm³/mol. The van der Waals surface area contributed by atoms with Crippen LogP contribution in [-0.4, -0.2) is 35.6 Å². The van der Waals surface area contributed by atoms with Crippen LogP contribution in [0.2, 0.25) is 0 Å². The molecule has 0 aliphatic carbocycles. The van der Waals surface area contributed by atoms with Crippen LogP contribution in [-0.2, 0) is 47.6 Å². The molecule has 0 bridgehead atoms. The minimum absolute atomic E-state index is 0.00534. The van der Waals surface area contributed by atoms with Gasteiger partial charge >= 0.3 is 24.5 Å². The fraction of sp³-hybridized carbons (Fsp3) is 0.469. The van der Waals surface area contributed by atoms with Gasteiger partial charge < -0.3 is 15.0 Å². The lowest BCUT2D eigenvalue weighted by molar-refractivity contribution is -0.144. The fourth-order valence-corrected chi connectivity index (χ4v) is 5.05. The highest BCUT2D eigenvalue weighted by Crippen LogP contribution is 2.37. The summed E-state index contributed by atoms with van der Waals surface area (Å²) in [7, 11) is 0. The fourth-order valence-electron chi connectivity index (χ4n) is 4.85. The molecule has 0 aliphatic rings. The molecule has 16 heteroatoms. The number of nitrogens with zero attached hydrogens (tertiary/aromatic N) is 3. The van der Waals surface area contributed by atoms with Crippen LogP contribution in [0.15, 0.2) is 53.3 Å². The van der Waals surface area contributed by atoms with Crippen molar-refractivity contribution in [3.05, 3.63) is 86.6 Å². The van der Waals surface area contributed by atoms with E-state index in [-0.39, 0.29) is 42.1 Å². The van der Waals surface area contributed by atoms with Gasteiger partial charge in [0, 0.05) is 31.9 Å². The number of ether oxygens (including phenoxy) is 1.